The highest BCUT2D eigenvalue weighted by Gasteiger charge is 2.41. The van der Waals surface area contributed by atoms with E-state index < -0.39 is 23.9 Å². The lowest BCUT2D eigenvalue weighted by Gasteiger charge is -2.32. The summed E-state index contributed by atoms with van der Waals surface area (Å²) >= 11 is 0. The van der Waals surface area contributed by atoms with Crippen molar-refractivity contribution in [2.45, 2.75) is 193 Å². The summed E-state index contributed by atoms with van der Waals surface area (Å²) in [7, 11) is 0. The third-order valence-corrected chi connectivity index (χ3v) is 23.4. The number of hydrogen-bond donors (Lipinski definition) is 7. The molecule has 7 N–H and O–H groups in total. The van der Waals surface area contributed by atoms with Crippen molar-refractivity contribution in [1.29, 1.82) is 0 Å². The molecule has 0 aromatic carbocycles. The van der Waals surface area contributed by atoms with Crippen molar-refractivity contribution in [1.82, 2.24) is 109 Å². The Morgan fingerprint density at radius 3 is 1.29 bits per heavy atom. The van der Waals surface area contributed by atoms with Crippen LogP contribution in [0.5, 0.6) is 0 Å². The lowest BCUT2D eigenvalue weighted by atomic mass is 9.95. The minimum Gasteiger partial charge on any atom is -0.385 e. The average molecular weight is 1390 g/mol. The van der Waals surface area contributed by atoms with Gasteiger partial charge in [0.15, 0.2) is 0 Å². The lowest BCUT2D eigenvalue weighted by Crippen LogP contribution is -2.33. The monoisotopic (exact) mass is 1390 g/mol. The number of nitrogens with zero attached hydrogens (tertiary/aromatic N) is 19. The summed E-state index contributed by atoms with van der Waals surface area (Å²) in [5, 5.41) is 72.3. The minimum atomic E-state index is -1.00. The number of hydrogen-bond acceptors (Lipinski definition) is 19. The first-order valence-electron chi connectivity index (χ1n) is 37.2. The summed E-state index contributed by atoms with van der Waals surface area (Å²) in [6.07, 6.45) is 26.3. The predicted molar refractivity (Wildman–Crippen MR) is 389 cm³/mol. The van der Waals surface area contributed by atoms with Crippen LogP contribution in [0.25, 0.3) is 44.1 Å². The fraction of sp³-hybridized carbons (Fsp3) is 0.494. The van der Waals surface area contributed by atoms with Gasteiger partial charge in [-0.3, -0.25) is 24.6 Å². The second kappa shape index (κ2) is 27.6. The molecule has 0 radical (unpaired) electrons. The number of aromatic amines is 3. The number of rotatable bonds is 12. The van der Waals surface area contributed by atoms with Crippen LogP contribution in [0.3, 0.4) is 0 Å². The van der Waals surface area contributed by atoms with Crippen molar-refractivity contribution in [2.24, 2.45) is 0 Å². The Labute approximate surface area is 597 Å². The highest BCUT2D eigenvalue weighted by molar-refractivity contribution is 5.87. The zero-order valence-corrected chi connectivity index (χ0v) is 59.9. The molecular formula is C77H94N22O4. The number of H-pyrrole nitrogens is 3. The van der Waals surface area contributed by atoms with E-state index >= 15 is 0 Å². The second-order valence-corrected chi connectivity index (χ2v) is 30.3. The van der Waals surface area contributed by atoms with E-state index in [1.165, 1.54) is 166 Å². The van der Waals surface area contributed by atoms with Gasteiger partial charge < -0.3 is 43.7 Å². The lowest BCUT2D eigenvalue weighted by molar-refractivity contribution is 0.0378. The van der Waals surface area contributed by atoms with Crippen molar-refractivity contribution in [2.75, 3.05) is 52.4 Å². The topological polar surface area (TPSA) is 303 Å². The molecule has 4 fully saturated rings. The Balaban J connectivity index is 0.000000102. The standard InChI is InChI=1S/C23H28N4O.C19H23N5O.C18H22N6O.C17H21N7O/c1-15-11-18-21-19-5-4-9-26(19)10-8-20(21)27(22(18)25-12-15)14-23(3,28)17-7-6-16(2)24-13-17;1-12-9-13-17-14-3-2-7-23(14)8-4-15(17)24(19(13)22-10-12)11-16(25)18-20-5-6-21-18;1-11-7-12-17-14-3-2-5-23(14)6-4-15(17)24(18(12)19-8-11)10-16(25)13-9-20-22-21-13;1-10-7-11-15-12-3-2-5-23(12)6-4-13(15)24(17(11)18-8-10)9-14(25)16-19-21-22-20-16/h6-7,11-13,19,28H,4-5,8-10,14H2,1-3H3;5-6,9-10,14,16,25H,2-4,7-8,11H2,1H3,(H,20,21);7-9,14,16,25H,2-6,10H2,1H3,(H,20,21,22);7-8,12,14,25H,2-6,9H2,1H3,(H,19,20,21,22). The maximum atomic E-state index is 11.4. The molecule has 0 amide bonds. The summed E-state index contributed by atoms with van der Waals surface area (Å²) in [6, 6.07) is 15.0. The van der Waals surface area contributed by atoms with Crippen molar-refractivity contribution < 1.29 is 20.4 Å². The van der Waals surface area contributed by atoms with Crippen molar-refractivity contribution in [3.8, 4) is 0 Å². The van der Waals surface area contributed by atoms with Crippen LogP contribution in [-0.4, -0.2) is 182 Å². The molecule has 4 saturated heterocycles. The van der Waals surface area contributed by atoms with Crippen LogP contribution in [-0.2, 0) is 57.5 Å². The quantitative estimate of drug-likeness (QED) is 0.0599. The van der Waals surface area contributed by atoms with E-state index in [0.717, 1.165) is 85.7 Å². The molecule has 0 aliphatic carbocycles. The van der Waals surface area contributed by atoms with Crippen molar-refractivity contribution >= 4 is 44.1 Å². The fourth-order valence-electron chi connectivity index (χ4n) is 18.7. The normalized spacial score (nSPS) is 21.5. The van der Waals surface area contributed by atoms with Crippen molar-refractivity contribution in [3.63, 3.8) is 0 Å². The predicted octanol–water partition coefficient (Wildman–Crippen LogP) is 9.32. The number of pyridine rings is 5. The van der Waals surface area contributed by atoms with E-state index in [4.69, 9.17) is 19.9 Å². The number of aliphatic hydroxyl groups is 4. The van der Waals surface area contributed by atoms with Gasteiger partial charge in [0.25, 0.3) is 0 Å². The Hall–Kier alpha value is -8.99. The van der Waals surface area contributed by atoms with E-state index in [1.807, 2.05) is 50.8 Å². The van der Waals surface area contributed by atoms with Gasteiger partial charge in [0.05, 0.1) is 32.4 Å². The first-order chi connectivity index (χ1) is 50.1. The number of nitrogens with one attached hydrogen (secondary N) is 3. The molecule has 12 aromatic heterocycles. The van der Waals surface area contributed by atoms with Gasteiger partial charge in [-0.1, -0.05) is 11.3 Å². The summed E-state index contributed by atoms with van der Waals surface area (Å²) < 4.78 is 8.88. The van der Waals surface area contributed by atoms with E-state index in [9.17, 15) is 20.4 Å². The highest BCUT2D eigenvalue weighted by Crippen LogP contribution is 2.48. The molecule has 8 aliphatic heterocycles. The van der Waals surface area contributed by atoms with E-state index in [0.29, 0.717) is 67.7 Å². The highest BCUT2D eigenvalue weighted by atomic mass is 16.3. The zero-order chi connectivity index (χ0) is 70.4. The second-order valence-electron chi connectivity index (χ2n) is 30.3. The Bertz CT molecular complexity index is 4670. The first-order valence-corrected chi connectivity index (χ1v) is 37.2. The molecule has 536 valence electrons. The maximum absolute atomic E-state index is 11.4. The molecule has 8 atom stereocenters. The van der Waals surface area contributed by atoms with Crippen LogP contribution in [0.2, 0.25) is 0 Å². The van der Waals surface area contributed by atoms with Gasteiger partial charge in [-0.2, -0.15) is 20.6 Å². The van der Waals surface area contributed by atoms with Gasteiger partial charge >= 0.3 is 0 Å². The molecular weight excluding hydrogens is 1300 g/mol. The number of aryl methyl sites for hydroxylation is 5. The summed E-state index contributed by atoms with van der Waals surface area (Å²) in [6.45, 7) is 23.2. The number of aliphatic hydroxyl groups excluding tert-OH is 3. The zero-order valence-electron chi connectivity index (χ0n) is 59.9. The third kappa shape index (κ3) is 12.4. The van der Waals surface area contributed by atoms with Crippen LogP contribution in [0.15, 0.2) is 86.0 Å². The Kier molecular flexibility index (Phi) is 18.0. The molecule has 12 aromatic rings. The molecule has 8 aliphatic rings. The van der Waals surface area contributed by atoms with E-state index in [2.05, 4.69) is 141 Å². The molecule has 8 unspecified atom stereocenters. The van der Waals surface area contributed by atoms with E-state index in [-0.39, 0.29) is 0 Å². The van der Waals surface area contributed by atoms with Crippen LogP contribution in [0.4, 0.5) is 0 Å². The molecule has 103 heavy (non-hydrogen) atoms. The summed E-state index contributed by atoms with van der Waals surface area (Å²) in [5.41, 5.74) is 21.1. The van der Waals surface area contributed by atoms with Crippen LogP contribution >= 0.6 is 0 Å². The van der Waals surface area contributed by atoms with Gasteiger partial charge in [-0.25, -0.2) is 24.9 Å². The van der Waals surface area contributed by atoms with E-state index in [1.54, 1.807) is 24.8 Å². The van der Waals surface area contributed by atoms with Crippen molar-refractivity contribution in [3.05, 3.63) is 182 Å². The van der Waals surface area contributed by atoms with Crippen LogP contribution in [0, 0.1) is 34.6 Å². The van der Waals surface area contributed by atoms with Gasteiger partial charge in [0.2, 0.25) is 5.82 Å². The molecule has 0 saturated carbocycles. The van der Waals surface area contributed by atoms with Gasteiger partial charge in [-0.15, -0.1) is 10.2 Å². The fourth-order valence-corrected chi connectivity index (χ4v) is 18.7. The number of imidazole rings is 1. The number of aromatic nitrogens is 18. The largest absolute Gasteiger partial charge is 0.385 e. The first kappa shape index (κ1) is 67.2. The molecule has 20 rings (SSSR count). The SMILES string of the molecule is Cc1cnc2c(c1)c1c(n2CC(C)(O)c2ccc(C)nc2)CCN2CCCC12.Cc1cnc2c(c1)c1c(n2CC(O)c2cn[nH]n2)CCN2CCCC12.Cc1cnc2c(c1)c1c(n2CC(O)c2ncc[nH]2)CCN2CCCC12.Cc1cnc2c(c1)c1c(n2CC(O)c2nn[nH]n2)CCN2CCCC12. The average Bonchev–Trinajstić information content (AvgIpc) is 1.61. The minimum absolute atomic E-state index is 0.320. The summed E-state index contributed by atoms with van der Waals surface area (Å²) in [4.78, 5) is 41.0. The maximum Gasteiger partial charge on any atom is 0.204 e. The smallest absolute Gasteiger partial charge is 0.204 e. The Morgan fingerprint density at radius 2 is 0.903 bits per heavy atom. The molecule has 26 nitrogen and oxygen atoms in total. The Morgan fingerprint density at radius 1 is 0.476 bits per heavy atom. The number of fused-ring (bicyclic) bond motifs is 20. The van der Waals surface area contributed by atoms with Crippen LogP contribution in [0.1, 0.15) is 197 Å². The molecule has 0 bridgehead atoms. The number of tetrazole rings is 1. The molecule has 26 heteroatoms. The van der Waals surface area contributed by atoms with Gasteiger partial charge in [-0.05, 0) is 194 Å². The molecule has 20 heterocycles. The third-order valence-electron chi connectivity index (χ3n) is 23.4. The van der Waals surface area contributed by atoms with Gasteiger partial charge in [0.1, 0.15) is 58.0 Å². The molecule has 0 spiro atoms. The van der Waals surface area contributed by atoms with Crippen LogP contribution < -0.4 is 0 Å². The van der Waals surface area contributed by atoms with Gasteiger partial charge in [0, 0.05) is 175 Å². The summed E-state index contributed by atoms with van der Waals surface area (Å²) in [5.74, 6) is 0.932.